The molecule has 1 fully saturated rings. The molecule has 9 unspecified atom stereocenters. The zero-order valence-electron chi connectivity index (χ0n) is 38.0. The molecule has 18 heteroatoms. The highest BCUT2D eigenvalue weighted by atomic mass is 16.7. The van der Waals surface area contributed by atoms with E-state index >= 15 is 0 Å². The van der Waals surface area contributed by atoms with Crippen molar-refractivity contribution in [2.75, 3.05) is 51.8 Å². The number of anilines is 1. The maximum atomic E-state index is 14.6. The van der Waals surface area contributed by atoms with Crippen LogP contribution in [0.15, 0.2) is 42.2 Å². The smallest absolute Gasteiger partial charge is 0.409 e. The molecule has 350 valence electrons. The number of ether oxygens (including phenoxy) is 6. The zero-order chi connectivity index (χ0) is 47.4. The molecule has 4 aliphatic rings. The van der Waals surface area contributed by atoms with Crippen LogP contribution in [0, 0.1) is 30.6 Å². The molecule has 0 aromatic heterocycles. The van der Waals surface area contributed by atoms with Crippen LogP contribution in [0.3, 0.4) is 0 Å². The first-order valence-electron chi connectivity index (χ1n) is 21.3. The highest BCUT2D eigenvalue weighted by Gasteiger charge is 2.50. The lowest BCUT2D eigenvalue weighted by atomic mass is 9.78. The Morgan fingerprint density at radius 1 is 0.922 bits per heavy atom. The van der Waals surface area contributed by atoms with Gasteiger partial charge < -0.3 is 64.0 Å². The number of nitrogens with zero attached hydrogens (tertiary/aromatic N) is 2. The van der Waals surface area contributed by atoms with Crippen molar-refractivity contribution in [3.05, 3.63) is 53.3 Å². The first-order valence-corrected chi connectivity index (χ1v) is 21.3. The second-order valence-corrected chi connectivity index (χ2v) is 16.8. The molecule has 64 heavy (non-hydrogen) atoms. The lowest BCUT2D eigenvalue weighted by Crippen LogP contribution is -2.51. The van der Waals surface area contributed by atoms with Gasteiger partial charge in [0.25, 0.3) is 17.6 Å². The normalized spacial score (nSPS) is 29.8. The van der Waals surface area contributed by atoms with Crippen molar-refractivity contribution in [1.82, 2.24) is 9.80 Å². The van der Waals surface area contributed by atoms with Gasteiger partial charge in [-0.3, -0.25) is 19.2 Å². The summed E-state index contributed by atoms with van der Waals surface area (Å²) < 4.78 is 34.9. The number of piperazine rings is 1. The number of amides is 3. The van der Waals surface area contributed by atoms with E-state index in [0.29, 0.717) is 0 Å². The summed E-state index contributed by atoms with van der Waals surface area (Å²) in [5.74, 6) is -8.49. The molecule has 2 aromatic rings. The number of ketones is 1. The topological polar surface area (TPSA) is 240 Å². The quantitative estimate of drug-likeness (QED) is 0.195. The van der Waals surface area contributed by atoms with Crippen molar-refractivity contribution in [2.24, 2.45) is 23.7 Å². The number of hydrogen-bond acceptors (Lipinski definition) is 15. The van der Waals surface area contributed by atoms with Gasteiger partial charge in [-0.2, -0.15) is 0 Å². The minimum absolute atomic E-state index is 0.0462. The molecule has 3 amide bonds. The van der Waals surface area contributed by atoms with Crippen LogP contribution in [0.5, 0.6) is 23.0 Å². The number of carbonyl (C=O) groups excluding carboxylic acids is 5. The van der Waals surface area contributed by atoms with Gasteiger partial charge in [-0.05, 0) is 26.8 Å². The third-order valence-electron chi connectivity index (χ3n) is 12.3. The Bertz CT molecular complexity index is 2210. The molecule has 2 aromatic carbocycles. The van der Waals surface area contributed by atoms with E-state index in [1.54, 1.807) is 46.8 Å². The highest BCUT2D eigenvalue weighted by molar-refractivity contribution is 6.21. The van der Waals surface area contributed by atoms with Crippen LogP contribution in [0.4, 0.5) is 10.5 Å². The fourth-order valence-electron chi connectivity index (χ4n) is 8.33. The molecule has 0 radical (unpaired) electrons. The van der Waals surface area contributed by atoms with Gasteiger partial charge in [0.05, 0.1) is 47.8 Å². The van der Waals surface area contributed by atoms with Crippen molar-refractivity contribution in [2.45, 2.75) is 92.5 Å². The summed E-state index contributed by atoms with van der Waals surface area (Å²) in [5, 5.41) is 48.6. The van der Waals surface area contributed by atoms with Crippen LogP contribution in [-0.4, -0.2) is 137 Å². The SMILES string of the molecule is CCOC(=O)N1CCN(C(=O)COc2cc3c(O)c4c(O)c(C)c5c(c24)C(=O)C(C)(O/C=C/C(OC)C(C)C(OC(C)=O)C(C)C(O)C(C)C(O)C(C)/C=C/C=C(\C)C(=O)N3)O5)CC1. The predicted octanol–water partition coefficient (Wildman–Crippen LogP) is 4.73. The molecular formula is C46H61N3O15. The number of phenols is 2. The lowest BCUT2D eigenvalue weighted by Gasteiger charge is -2.38. The maximum absolute atomic E-state index is 14.6. The first-order chi connectivity index (χ1) is 30.2. The van der Waals surface area contributed by atoms with Gasteiger partial charge in [0.1, 0.15) is 23.4 Å². The fourth-order valence-corrected chi connectivity index (χ4v) is 8.33. The van der Waals surface area contributed by atoms with Crippen LogP contribution in [0.2, 0.25) is 0 Å². The molecule has 18 nitrogen and oxygen atoms in total. The summed E-state index contributed by atoms with van der Waals surface area (Å²) in [6.45, 7) is 14.6. The summed E-state index contributed by atoms with van der Waals surface area (Å²) in [6, 6.07) is 1.23. The van der Waals surface area contributed by atoms with Gasteiger partial charge in [0.2, 0.25) is 0 Å². The van der Waals surface area contributed by atoms with E-state index in [9.17, 15) is 44.4 Å². The van der Waals surface area contributed by atoms with E-state index in [-0.39, 0.29) is 77.4 Å². The number of rotatable bonds is 6. The van der Waals surface area contributed by atoms with Crippen molar-refractivity contribution in [1.29, 1.82) is 0 Å². The number of esters is 1. The molecule has 9 atom stereocenters. The number of benzene rings is 2. The third-order valence-corrected chi connectivity index (χ3v) is 12.3. The molecule has 6 rings (SSSR count). The van der Waals surface area contributed by atoms with Gasteiger partial charge in [-0.15, -0.1) is 0 Å². The van der Waals surface area contributed by atoms with E-state index in [0.717, 1.165) is 0 Å². The molecule has 4 aliphatic heterocycles. The molecular weight excluding hydrogens is 835 g/mol. The Balaban J connectivity index is 1.61. The predicted molar refractivity (Wildman–Crippen MR) is 233 cm³/mol. The Morgan fingerprint density at radius 2 is 1.58 bits per heavy atom. The monoisotopic (exact) mass is 895 g/mol. The molecule has 5 N–H and O–H groups in total. The van der Waals surface area contributed by atoms with Crippen LogP contribution >= 0.6 is 0 Å². The number of methoxy groups -OCH3 is 1. The molecule has 0 aliphatic carbocycles. The minimum Gasteiger partial charge on any atom is -0.507 e. The molecule has 1 saturated heterocycles. The van der Waals surface area contributed by atoms with E-state index in [4.69, 9.17) is 28.4 Å². The van der Waals surface area contributed by atoms with Crippen LogP contribution in [0.25, 0.3) is 10.8 Å². The molecule has 5 bridgehead atoms. The van der Waals surface area contributed by atoms with Gasteiger partial charge in [-0.25, -0.2) is 4.79 Å². The molecule has 4 heterocycles. The lowest BCUT2D eigenvalue weighted by molar-refractivity contribution is -0.160. The number of hydrogen-bond donors (Lipinski definition) is 5. The summed E-state index contributed by atoms with van der Waals surface area (Å²) in [7, 11) is 1.43. The Kier molecular flexibility index (Phi) is 15.6. The van der Waals surface area contributed by atoms with Gasteiger partial charge in [-0.1, -0.05) is 45.9 Å². The first kappa shape index (κ1) is 49.2. The summed E-state index contributed by atoms with van der Waals surface area (Å²) in [5.41, 5.74) is -0.150. The standard InChI is InChI=1S/C46H61N3O15/c1-11-60-45(58)49-18-16-48(17-19-49)33(51)22-61-32-21-30-40(55)35-34(32)36-42(28(7)39(35)54)64-46(9,43(36)56)62-20-15-31(59-10)25(4)41(63-29(8)50)27(6)38(53)26(5)37(52)23(2)13-12-14-24(3)44(57)47-30/h12-15,20-21,23,25-27,31,37-38,41,52-55H,11,16-19,22H2,1-10H3,(H,47,57)/b13-12+,20-15+,24-14+. The number of fused-ring (bicyclic) bond motifs is 14. The number of phenolic OH excluding ortho intramolecular Hbond substituents is 2. The van der Waals surface area contributed by atoms with E-state index in [1.165, 1.54) is 69.1 Å². The summed E-state index contributed by atoms with van der Waals surface area (Å²) >= 11 is 0. The van der Waals surface area contributed by atoms with Crippen LogP contribution < -0.4 is 14.8 Å². The van der Waals surface area contributed by atoms with Crippen molar-refractivity contribution >= 4 is 46.1 Å². The average molecular weight is 896 g/mol. The van der Waals surface area contributed by atoms with Gasteiger partial charge in [0, 0.05) is 93.4 Å². The second kappa shape index (κ2) is 20.3. The van der Waals surface area contributed by atoms with Crippen molar-refractivity contribution in [3.8, 4) is 23.0 Å². The average Bonchev–Trinajstić information content (AvgIpc) is 3.53. The number of nitrogens with one attached hydrogen (secondary N) is 1. The minimum atomic E-state index is -2.07. The largest absolute Gasteiger partial charge is 0.507 e. The van der Waals surface area contributed by atoms with Crippen LogP contribution in [0.1, 0.15) is 71.3 Å². The number of aliphatic hydroxyl groups excluding tert-OH is 2. The van der Waals surface area contributed by atoms with E-state index in [1.807, 2.05) is 0 Å². The van der Waals surface area contributed by atoms with E-state index < -0.39 is 102 Å². The number of allylic oxidation sites excluding steroid dienone is 2. The second-order valence-electron chi connectivity index (χ2n) is 16.8. The number of aliphatic hydroxyl groups is 2. The number of Topliss-reactive ketones (excluding diaryl/α,β-unsaturated/α-hetero) is 1. The van der Waals surface area contributed by atoms with Crippen LogP contribution in [-0.2, 0) is 33.3 Å². The summed E-state index contributed by atoms with van der Waals surface area (Å²) in [4.78, 5) is 69.4. The Hall–Kier alpha value is -5.85. The van der Waals surface area contributed by atoms with E-state index in [2.05, 4.69) is 5.32 Å². The Labute approximate surface area is 372 Å². The Morgan fingerprint density at radius 3 is 2.20 bits per heavy atom. The van der Waals surface area contributed by atoms with Crippen molar-refractivity contribution in [3.63, 3.8) is 0 Å². The molecule has 0 saturated carbocycles. The zero-order valence-corrected chi connectivity index (χ0v) is 38.0. The number of aromatic hydroxyl groups is 2. The third kappa shape index (κ3) is 10.1. The highest BCUT2D eigenvalue weighted by Crippen LogP contribution is 2.54. The number of carbonyl (C=O) groups is 5. The van der Waals surface area contributed by atoms with Crippen molar-refractivity contribution < 1.29 is 72.8 Å². The van der Waals surface area contributed by atoms with Gasteiger partial charge >= 0.3 is 17.8 Å². The maximum Gasteiger partial charge on any atom is 0.409 e. The van der Waals surface area contributed by atoms with Gasteiger partial charge in [0.15, 0.2) is 12.4 Å². The summed E-state index contributed by atoms with van der Waals surface area (Å²) in [6.07, 6.45) is 2.95. The molecule has 0 spiro atoms. The fraction of sp³-hybridized carbons (Fsp3) is 0.543.